The number of alkyl halides is 7. The summed E-state index contributed by atoms with van der Waals surface area (Å²) in [5, 5.41) is 12.2. The number of ether oxygens (including phenoxy) is 1. The summed E-state index contributed by atoms with van der Waals surface area (Å²) in [7, 11) is 0. The van der Waals surface area contributed by atoms with Gasteiger partial charge in [-0.05, 0) is 26.3 Å². The van der Waals surface area contributed by atoms with Gasteiger partial charge in [0.25, 0.3) is 0 Å². The predicted molar refractivity (Wildman–Crippen MR) is 94.4 cm³/mol. The molecular formula is C18H16F7N3O5. The normalized spacial score (nSPS) is 13.0. The molecule has 0 atom stereocenters. The van der Waals surface area contributed by atoms with E-state index in [1.165, 1.54) is 32.9 Å². The molecule has 0 saturated carbocycles. The van der Waals surface area contributed by atoms with E-state index in [2.05, 4.69) is 14.7 Å². The lowest BCUT2D eigenvalue weighted by Gasteiger charge is -2.25. The molecule has 182 valence electrons. The van der Waals surface area contributed by atoms with Crippen molar-refractivity contribution in [2.75, 3.05) is 0 Å². The Bertz CT molecular complexity index is 1010. The molecule has 0 spiro atoms. The van der Waals surface area contributed by atoms with Crippen molar-refractivity contribution in [1.29, 1.82) is 0 Å². The summed E-state index contributed by atoms with van der Waals surface area (Å²) in [6.07, 6.45) is -9.35. The van der Waals surface area contributed by atoms with Gasteiger partial charge in [-0.15, -0.1) is 0 Å². The third-order valence-corrected chi connectivity index (χ3v) is 3.84. The maximum Gasteiger partial charge on any atom is 0.460 e. The SMILES string of the molecule is CC(C)(C)OC(=O)N(Cc1ccc(-c2noc(C(F)(F)C(F)(F)C(F)(F)F)n2)cc1)C(=O)O. The van der Waals surface area contributed by atoms with Gasteiger partial charge in [0.1, 0.15) is 5.60 Å². The largest absolute Gasteiger partial charge is 0.465 e. The van der Waals surface area contributed by atoms with E-state index in [0.29, 0.717) is 4.90 Å². The molecule has 8 nitrogen and oxygen atoms in total. The van der Waals surface area contributed by atoms with E-state index in [-0.39, 0.29) is 11.1 Å². The van der Waals surface area contributed by atoms with Crippen molar-refractivity contribution in [3.05, 3.63) is 35.7 Å². The van der Waals surface area contributed by atoms with E-state index in [0.717, 1.165) is 12.1 Å². The maximum absolute atomic E-state index is 13.7. The number of rotatable bonds is 5. The van der Waals surface area contributed by atoms with E-state index in [4.69, 9.17) is 4.74 Å². The molecule has 0 radical (unpaired) electrons. The Morgan fingerprint density at radius 1 is 1.03 bits per heavy atom. The number of carboxylic acid groups (broad SMARTS) is 1. The molecule has 1 aromatic carbocycles. The van der Waals surface area contributed by atoms with Gasteiger partial charge in [0, 0.05) is 5.56 Å². The van der Waals surface area contributed by atoms with Gasteiger partial charge >= 0.3 is 36.1 Å². The average molecular weight is 487 g/mol. The number of carbonyl (C=O) groups is 2. The van der Waals surface area contributed by atoms with Gasteiger partial charge in [-0.3, -0.25) is 0 Å². The first-order valence-corrected chi connectivity index (χ1v) is 8.86. The molecule has 0 fully saturated rings. The lowest BCUT2D eigenvalue weighted by molar-refractivity contribution is -0.364. The first-order chi connectivity index (χ1) is 14.9. The molecular weight excluding hydrogens is 471 g/mol. The smallest absolute Gasteiger partial charge is 0.460 e. The maximum atomic E-state index is 13.7. The second-order valence-electron chi connectivity index (χ2n) is 7.62. The van der Waals surface area contributed by atoms with Crippen LogP contribution in [0.2, 0.25) is 0 Å². The fourth-order valence-electron chi connectivity index (χ4n) is 2.25. The second-order valence-corrected chi connectivity index (χ2v) is 7.62. The van der Waals surface area contributed by atoms with Gasteiger partial charge in [0.2, 0.25) is 5.82 Å². The topological polar surface area (TPSA) is 106 Å². The summed E-state index contributed by atoms with van der Waals surface area (Å²) >= 11 is 0. The summed E-state index contributed by atoms with van der Waals surface area (Å²) < 4.78 is 99.4. The zero-order valence-corrected chi connectivity index (χ0v) is 17.1. The Kier molecular flexibility index (Phi) is 6.67. The van der Waals surface area contributed by atoms with Crippen molar-refractivity contribution in [2.45, 2.75) is 50.9 Å². The van der Waals surface area contributed by atoms with Crippen LogP contribution in [-0.2, 0) is 17.2 Å². The number of benzene rings is 1. The molecule has 2 aromatic rings. The highest BCUT2D eigenvalue weighted by Gasteiger charge is 2.76. The molecule has 0 unspecified atom stereocenters. The first kappa shape index (κ1) is 25.9. The number of amides is 2. The van der Waals surface area contributed by atoms with Crippen LogP contribution in [0.4, 0.5) is 40.3 Å². The van der Waals surface area contributed by atoms with E-state index in [1.807, 2.05) is 0 Å². The van der Waals surface area contributed by atoms with E-state index in [9.17, 15) is 45.4 Å². The van der Waals surface area contributed by atoms with Crippen molar-refractivity contribution in [3.63, 3.8) is 0 Å². The van der Waals surface area contributed by atoms with Gasteiger partial charge in [-0.1, -0.05) is 29.4 Å². The van der Waals surface area contributed by atoms with Crippen LogP contribution in [0.5, 0.6) is 0 Å². The van der Waals surface area contributed by atoms with Crippen LogP contribution < -0.4 is 0 Å². The molecule has 1 aromatic heterocycles. The Morgan fingerprint density at radius 3 is 2.03 bits per heavy atom. The highest BCUT2D eigenvalue weighted by Crippen LogP contribution is 2.51. The monoisotopic (exact) mass is 487 g/mol. The third kappa shape index (κ3) is 5.51. The minimum atomic E-state index is -6.57. The molecule has 1 heterocycles. The van der Waals surface area contributed by atoms with E-state index in [1.54, 1.807) is 0 Å². The quantitative estimate of drug-likeness (QED) is 0.560. The molecule has 0 aliphatic heterocycles. The van der Waals surface area contributed by atoms with Crippen molar-refractivity contribution in [2.24, 2.45) is 0 Å². The lowest BCUT2D eigenvalue weighted by Crippen LogP contribution is -2.50. The van der Waals surface area contributed by atoms with E-state index >= 15 is 0 Å². The average Bonchev–Trinajstić information content (AvgIpc) is 3.14. The minimum absolute atomic E-state index is 0.126. The number of aromatic nitrogens is 2. The van der Waals surface area contributed by atoms with Crippen molar-refractivity contribution >= 4 is 12.2 Å². The van der Waals surface area contributed by atoms with Crippen molar-refractivity contribution < 1.29 is 54.7 Å². The molecule has 0 aliphatic rings. The van der Waals surface area contributed by atoms with Crippen LogP contribution in [0.1, 0.15) is 32.2 Å². The molecule has 1 N–H and O–H groups in total. The summed E-state index contributed by atoms with van der Waals surface area (Å²) in [6.45, 7) is 4.09. The summed E-state index contributed by atoms with van der Waals surface area (Å²) in [6, 6.07) is 4.68. The van der Waals surface area contributed by atoms with Gasteiger partial charge in [0.15, 0.2) is 0 Å². The Balaban J connectivity index is 2.24. The van der Waals surface area contributed by atoms with Crippen LogP contribution in [0, 0.1) is 0 Å². The van der Waals surface area contributed by atoms with Gasteiger partial charge < -0.3 is 14.4 Å². The number of carbonyl (C=O) groups excluding carboxylic acids is 1. The first-order valence-electron chi connectivity index (χ1n) is 8.86. The van der Waals surface area contributed by atoms with Crippen LogP contribution in [-0.4, -0.2) is 50.0 Å². The Labute approximate surface area is 180 Å². The molecule has 2 rings (SSSR count). The fraction of sp³-hybridized carbons (Fsp3) is 0.444. The molecule has 15 heteroatoms. The van der Waals surface area contributed by atoms with Gasteiger partial charge in [-0.25, -0.2) is 14.5 Å². The third-order valence-electron chi connectivity index (χ3n) is 3.84. The molecule has 2 amide bonds. The number of hydrogen-bond donors (Lipinski definition) is 1. The zero-order chi connectivity index (χ0) is 25.4. The zero-order valence-electron chi connectivity index (χ0n) is 17.1. The fourth-order valence-corrected chi connectivity index (χ4v) is 2.25. The van der Waals surface area contributed by atoms with Crippen molar-refractivity contribution in [1.82, 2.24) is 15.0 Å². The van der Waals surface area contributed by atoms with Gasteiger partial charge in [0.05, 0.1) is 6.54 Å². The highest BCUT2D eigenvalue weighted by molar-refractivity contribution is 5.86. The van der Waals surface area contributed by atoms with Crippen LogP contribution in [0.15, 0.2) is 28.8 Å². The standard InChI is InChI=1S/C18H16F7N3O5/c1-15(2,3)32-14(31)28(13(29)30)8-9-4-6-10(7-5-9)11-26-12(33-27-11)16(19,20)17(21,22)18(23,24)25/h4-7H,8H2,1-3H3,(H,29,30). The number of imide groups is 1. The van der Waals surface area contributed by atoms with E-state index < -0.39 is 54.1 Å². The summed E-state index contributed by atoms with van der Waals surface area (Å²) in [4.78, 5) is 26.7. The summed E-state index contributed by atoms with van der Waals surface area (Å²) in [5.41, 5.74) is -0.889. The highest BCUT2D eigenvalue weighted by atomic mass is 19.4. The Hall–Kier alpha value is -3.39. The lowest BCUT2D eigenvalue weighted by atomic mass is 10.1. The van der Waals surface area contributed by atoms with Crippen molar-refractivity contribution in [3.8, 4) is 11.4 Å². The van der Waals surface area contributed by atoms with Gasteiger partial charge in [-0.2, -0.15) is 35.7 Å². The van der Waals surface area contributed by atoms with Crippen LogP contribution in [0.3, 0.4) is 0 Å². The molecule has 33 heavy (non-hydrogen) atoms. The predicted octanol–water partition coefficient (Wildman–Crippen LogP) is 5.44. The Morgan fingerprint density at radius 2 is 1.58 bits per heavy atom. The molecule has 0 aliphatic carbocycles. The molecule has 0 saturated heterocycles. The second kappa shape index (κ2) is 8.51. The number of nitrogens with zero attached hydrogens (tertiary/aromatic N) is 3. The number of hydrogen-bond acceptors (Lipinski definition) is 6. The minimum Gasteiger partial charge on any atom is -0.465 e. The summed E-state index contributed by atoms with van der Waals surface area (Å²) in [5.74, 6) is -15.3. The number of halogens is 7. The van der Waals surface area contributed by atoms with Crippen LogP contribution in [0.25, 0.3) is 11.4 Å². The molecule has 0 bridgehead atoms. The van der Waals surface area contributed by atoms with Crippen LogP contribution >= 0.6 is 0 Å².